The summed E-state index contributed by atoms with van der Waals surface area (Å²) >= 11 is 2.09. The Labute approximate surface area is 126 Å². The average molecular weight is 368 g/mol. The van der Waals surface area contributed by atoms with Crippen LogP contribution in [0.3, 0.4) is 0 Å². The Balaban J connectivity index is 2.22. The molecule has 0 aliphatic rings. The van der Waals surface area contributed by atoms with Gasteiger partial charge in [0.2, 0.25) is 0 Å². The molecule has 4 heteroatoms. The number of hydrogen-bond donors (Lipinski definition) is 0. The molecule has 0 spiro atoms. The van der Waals surface area contributed by atoms with Gasteiger partial charge in [-0.05, 0) is 39.1 Å². The summed E-state index contributed by atoms with van der Waals surface area (Å²) in [6.07, 6.45) is 1.70. The lowest BCUT2D eigenvalue weighted by molar-refractivity contribution is 0.588. The van der Waals surface area contributed by atoms with Crippen LogP contribution in [0.15, 0.2) is 41.3 Å². The summed E-state index contributed by atoms with van der Waals surface area (Å²) in [6, 6.07) is 9.95. The molecule has 100 valence electrons. The van der Waals surface area contributed by atoms with Crippen LogP contribution in [-0.2, 0) is 12.0 Å². The van der Waals surface area contributed by atoms with Crippen molar-refractivity contribution < 1.29 is 0 Å². The van der Waals surface area contributed by atoms with Gasteiger partial charge in [-0.25, -0.2) is 4.68 Å². The number of nitrogens with zero attached hydrogens (tertiary/aromatic N) is 2. The molecule has 2 rings (SSSR count). The predicted octanol–water partition coefficient (Wildman–Crippen LogP) is 3.19. The lowest BCUT2D eigenvalue weighted by atomic mass is 9.87. The molecule has 1 aromatic carbocycles. The van der Waals surface area contributed by atoms with Crippen LogP contribution in [0.2, 0.25) is 0 Å². The van der Waals surface area contributed by atoms with E-state index in [2.05, 4.69) is 72.7 Å². The first kappa shape index (κ1) is 14.2. The molecular formula is C15H17IN2O. The summed E-state index contributed by atoms with van der Waals surface area (Å²) in [7, 11) is 0. The van der Waals surface area contributed by atoms with Crippen LogP contribution in [0.25, 0.3) is 0 Å². The van der Waals surface area contributed by atoms with Crippen LogP contribution in [0, 0.1) is 3.57 Å². The average Bonchev–Trinajstić information content (AvgIpc) is 2.32. The van der Waals surface area contributed by atoms with E-state index in [0.29, 0.717) is 6.54 Å². The van der Waals surface area contributed by atoms with Crippen molar-refractivity contribution in [3.63, 3.8) is 0 Å². The van der Waals surface area contributed by atoms with Crippen molar-refractivity contribution >= 4 is 22.6 Å². The fraction of sp³-hybridized carbons (Fsp3) is 0.333. The minimum atomic E-state index is -0.0632. The van der Waals surface area contributed by atoms with E-state index in [1.807, 2.05) is 0 Å². The van der Waals surface area contributed by atoms with Gasteiger partial charge in [-0.15, -0.1) is 0 Å². The lowest BCUT2D eigenvalue weighted by Gasteiger charge is -2.19. The van der Waals surface area contributed by atoms with Crippen molar-refractivity contribution in [3.8, 4) is 0 Å². The van der Waals surface area contributed by atoms with Crippen LogP contribution in [-0.4, -0.2) is 9.78 Å². The molecule has 0 bridgehead atoms. The van der Waals surface area contributed by atoms with Crippen LogP contribution >= 0.6 is 22.6 Å². The Morgan fingerprint density at radius 1 is 1.21 bits per heavy atom. The van der Waals surface area contributed by atoms with E-state index >= 15 is 0 Å². The monoisotopic (exact) mass is 368 g/mol. The van der Waals surface area contributed by atoms with Gasteiger partial charge in [0, 0.05) is 9.64 Å². The van der Waals surface area contributed by atoms with Crippen LogP contribution < -0.4 is 5.56 Å². The van der Waals surface area contributed by atoms with Crippen molar-refractivity contribution in [2.24, 2.45) is 0 Å². The van der Waals surface area contributed by atoms with Gasteiger partial charge in [0.25, 0.3) is 5.56 Å². The van der Waals surface area contributed by atoms with E-state index in [1.165, 1.54) is 10.2 Å². The zero-order valence-corrected chi connectivity index (χ0v) is 13.5. The van der Waals surface area contributed by atoms with Crippen molar-refractivity contribution in [1.29, 1.82) is 0 Å². The van der Waals surface area contributed by atoms with Crippen molar-refractivity contribution in [2.75, 3.05) is 0 Å². The van der Waals surface area contributed by atoms with Crippen LogP contribution in [0.5, 0.6) is 0 Å². The second-order valence-electron chi connectivity index (χ2n) is 5.62. The number of rotatable bonds is 2. The first-order valence-electron chi connectivity index (χ1n) is 6.18. The summed E-state index contributed by atoms with van der Waals surface area (Å²) in [4.78, 5) is 11.8. The molecule has 0 aliphatic carbocycles. The summed E-state index contributed by atoms with van der Waals surface area (Å²) in [5, 5.41) is 4.14. The Bertz CT molecular complexity index is 624. The van der Waals surface area contributed by atoms with Gasteiger partial charge in [0.15, 0.2) is 0 Å². The number of benzene rings is 1. The summed E-state index contributed by atoms with van der Waals surface area (Å²) in [5.41, 5.74) is 2.46. The summed E-state index contributed by atoms with van der Waals surface area (Å²) < 4.78 is 2.34. The van der Waals surface area contributed by atoms with Crippen molar-refractivity contribution in [1.82, 2.24) is 9.78 Å². The topological polar surface area (TPSA) is 34.9 Å². The molecule has 0 saturated carbocycles. The van der Waals surface area contributed by atoms with Crippen LogP contribution in [0.4, 0.5) is 0 Å². The normalized spacial score (nSPS) is 11.6. The minimum absolute atomic E-state index is 0.0632. The number of halogens is 1. The third-order valence-corrected chi connectivity index (χ3v) is 3.58. The third kappa shape index (κ3) is 3.65. The Hall–Kier alpha value is -1.17. The Morgan fingerprint density at radius 3 is 2.37 bits per heavy atom. The summed E-state index contributed by atoms with van der Waals surface area (Å²) in [6.45, 7) is 7.08. The first-order valence-corrected chi connectivity index (χ1v) is 7.26. The molecule has 0 N–H and O–H groups in total. The molecule has 2 aromatic rings. The number of hydrogen-bond acceptors (Lipinski definition) is 2. The minimum Gasteiger partial charge on any atom is -0.268 e. The van der Waals surface area contributed by atoms with Gasteiger partial charge in [0.1, 0.15) is 0 Å². The van der Waals surface area contributed by atoms with E-state index < -0.39 is 0 Å². The van der Waals surface area contributed by atoms with E-state index in [-0.39, 0.29) is 11.0 Å². The van der Waals surface area contributed by atoms with E-state index in [0.717, 1.165) is 9.13 Å². The SMILES string of the molecule is CC(C)(C)c1ccc(Cn2ncc(I)cc2=O)cc1. The zero-order valence-electron chi connectivity index (χ0n) is 11.4. The summed E-state index contributed by atoms with van der Waals surface area (Å²) in [5.74, 6) is 0. The molecule has 1 aromatic heterocycles. The standard InChI is InChI=1S/C15H17IN2O/c1-15(2,3)12-6-4-11(5-7-12)10-18-14(19)8-13(16)9-17-18/h4-9H,10H2,1-3H3. The zero-order chi connectivity index (χ0) is 14.0. The molecule has 0 saturated heterocycles. The van der Waals surface area contributed by atoms with Gasteiger partial charge in [-0.2, -0.15) is 5.10 Å². The molecule has 0 unspecified atom stereocenters. The highest BCUT2D eigenvalue weighted by Crippen LogP contribution is 2.22. The lowest BCUT2D eigenvalue weighted by Crippen LogP contribution is -2.22. The van der Waals surface area contributed by atoms with Gasteiger partial charge in [-0.3, -0.25) is 4.79 Å². The van der Waals surface area contributed by atoms with Crippen LogP contribution in [0.1, 0.15) is 31.9 Å². The second kappa shape index (κ2) is 5.45. The fourth-order valence-electron chi connectivity index (χ4n) is 1.81. The highest BCUT2D eigenvalue weighted by Gasteiger charge is 2.12. The smallest absolute Gasteiger partial charge is 0.268 e. The van der Waals surface area contributed by atoms with Gasteiger partial charge in [0.05, 0.1) is 12.7 Å². The first-order chi connectivity index (χ1) is 8.86. The van der Waals surface area contributed by atoms with Crippen molar-refractivity contribution in [2.45, 2.75) is 32.7 Å². The highest BCUT2D eigenvalue weighted by molar-refractivity contribution is 14.1. The quantitative estimate of drug-likeness (QED) is 0.764. The Kier molecular flexibility index (Phi) is 4.08. The van der Waals surface area contributed by atoms with E-state index in [4.69, 9.17) is 0 Å². The number of aromatic nitrogens is 2. The molecule has 19 heavy (non-hydrogen) atoms. The third-order valence-electron chi connectivity index (χ3n) is 2.99. The molecule has 0 amide bonds. The maximum Gasteiger partial charge on any atom is 0.268 e. The molecule has 0 radical (unpaired) electrons. The van der Waals surface area contributed by atoms with Gasteiger partial charge in [-0.1, -0.05) is 45.0 Å². The molecule has 0 aliphatic heterocycles. The van der Waals surface area contributed by atoms with E-state index in [1.54, 1.807) is 12.3 Å². The maximum atomic E-state index is 11.8. The molecule has 0 fully saturated rings. The predicted molar refractivity (Wildman–Crippen MR) is 85.5 cm³/mol. The highest BCUT2D eigenvalue weighted by atomic mass is 127. The Morgan fingerprint density at radius 2 is 1.84 bits per heavy atom. The maximum absolute atomic E-state index is 11.8. The van der Waals surface area contributed by atoms with Gasteiger partial charge >= 0.3 is 0 Å². The van der Waals surface area contributed by atoms with Gasteiger partial charge < -0.3 is 0 Å². The van der Waals surface area contributed by atoms with Crippen molar-refractivity contribution in [3.05, 3.63) is 61.6 Å². The molecule has 1 heterocycles. The fourth-order valence-corrected chi connectivity index (χ4v) is 2.20. The molecule has 0 atom stereocenters. The second-order valence-corrected chi connectivity index (χ2v) is 6.86. The largest absolute Gasteiger partial charge is 0.268 e. The van der Waals surface area contributed by atoms with E-state index in [9.17, 15) is 4.79 Å². The molecular weight excluding hydrogens is 351 g/mol. The molecule has 3 nitrogen and oxygen atoms in total.